The maximum absolute atomic E-state index is 14.5. The molecule has 9 nitrogen and oxygen atoms in total. The second kappa shape index (κ2) is 15.5. The lowest BCUT2D eigenvalue weighted by atomic mass is 9.94. The minimum absolute atomic E-state index is 0.0375. The van der Waals surface area contributed by atoms with Crippen LogP contribution in [-0.2, 0) is 16.1 Å². The zero-order valence-corrected chi connectivity index (χ0v) is 28.5. The van der Waals surface area contributed by atoms with E-state index in [0.717, 1.165) is 63.6 Å². The average Bonchev–Trinajstić information content (AvgIpc) is 3.67. The Labute approximate surface area is 278 Å². The number of nitrogens with one attached hydrogen (secondary N) is 2. The van der Waals surface area contributed by atoms with E-state index in [0.29, 0.717) is 40.3 Å². The lowest BCUT2D eigenvalue weighted by Crippen LogP contribution is -2.47. The van der Waals surface area contributed by atoms with Gasteiger partial charge in [0.1, 0.15) is 11.7 Å². The summed E-state index contributed by atoms with van der Waals surface area (Å²) in [7, 11) is 6.29. The van der Waals surface area contributed by atoms with Gasteiger partial charge in [-0.1, -0.05) is 67.3 Å². The lowest BCUT2D eigenvalue weighted by molar-refractivity contribution is -0.140. The van der Waals surface area contributed by atoms with Crippen molar-refractivity contribution >= 4 is 40.2 Å². The van der Waals surface area contributed by atoms with Gasteiger partial charge < -0.3 is 29.9 Å². The number of aromatic nitrogens is 1. The predicted octanol–water partition coefficient (Wildman–Crippen LogP) is 5.46. The highest BCUT2D eigenvalue weighted by atomic mass is 35.5. The van der Waals surface area contributed by atoms with Gasteiger partial charge in [0.05, 0.1) is 0 Å². The van der Waals surface area contributed by atoms with E-state index >= 15 is 0 Å². The van der Waals surface area contributed by atoms with E-state index in [1.807, 2.05) is 41.3 Å². The van der Waals surface area contributed by atoms with Gasteiger partial charge in [-0.3, -0.25) is 14.4 Å². The monoisotopic (exact) mass is 648 g/mol. The van der Waals surface area contributed by atoms with Crippen LogP contribution < -0.4 is 5.32 Å². The van der Waals surface area contributed by atoms with Crippen molar-refractivity contribution in [3.05, 3.63) is 70.4 Å². The molecule has 1 aromatic heterocycles. The van der Waals surface area contributed by atoms with Crippen LogP contribution in [0.2, 0.25) is 5.02 Å². The van der Waals surface area contributed by atoms with Gasteiger partial charge in [0.15, 0.2) is 0 Å². The molecule has 3 amide bonds. The van der Waals surface area contributed by atoms with E-state index < -0.39 is 6.04 Å². The number of halogens is 1. The molecular weight excluding hydrogens is 600 g/mol. The van der Waals surface area contributed by atoms with Crippen LogP contribution in [0.4, 0.5) is 0 Å². The summed E-state index contributed by atoms with van der Waals surface area (Å²) >= 11 is 6.43. The molecule has 5 rings (SSSR count). The third-order valence-electron chi connectivity index (χ3n) is 9.59. The van der Waals surface area contributed by atoms with E-state index in [1.165, 1.54) is 6.92 Å². The summed E-state index contributed by atoms with van der Waals surface area (Å²) in [5, 5.41) is 4.52. The average molecular weight is 649 g/mol. The highest BCUT2D eigenvalue weighted by Gasteiger charge is 2.39. The molecule has 2 N–H and O–H groups in total. The topological polar surface area (TPSA) is 92.0 Å². The fraction of sp³-hybridized carbons (Fsp3) is 0.528. The largest absolute Gasteiger partial charge is 0.351 e. The summed E-state index contributed by atoms with van der Waals surface area (Å²) in [5.74, 6) is -0.664. The molecule has 3 aromatic rings. The minimum Gasteiger partial charge on any atom is -0.351 e. The number of hydrogen-bond donors (Lipinski definition) is 2. The van der Waals surface area contributed by atoms with Crippen LogP contribution in [0.15, 0.2) is 48.5 Å². The molecule has 2 aliphatic rings. The third-order valence-corrected chi connectivity index (χ3v) is 9.83. The quantitative estimate of drug-likeness (QED) is 0.272. The number of H-pyrrole nitrogens is 1. The fourth-order valence-electron chi connectivity index (χ4n) is 7.03. The van der Waals surface area contributed by atoms with Crippen LogP contribution in [0.3, 0.4) is 0 Å². The molecule has 1 aliphatic heterocycles. The van der Waals surface area contributed by atoms with Crippen LogP contribution in [0.1, 0.15) is 79.5 Å². The van der Waals surface area contributed by atoms with Crippen LogP contribution >= 0.6 is 11.6 Å². The molecular formula is C36H49ClN6O3. The number of rotatable bonds is 12. The maximum atomic E-state index is 14.5. The second-order valence-electron chi connectivity index (χ2n) is 13.3. The smallest absolute Gasteiger partial charge is 0.270 e. The van der Waals surface area contributed by atoms with Gasteiger partial charge in [-0.05, 0) is 77.6 Å². The standard InChI is InChI=1S/C36H49ClN6O3/c1-25(44)43(23-26-12-7-5-8-13-26)34(35(45)38-28-14-9-6-10-15-28)32-30-17-16-27(37)22-31(30)39-33(32)36(46)42-21-18-29(24-42)41(4)20-11-19-40(2)3/h5,7-8,12-13,16-17,22,28-29,34,39H,6,9-11,14-15,18-21,23-24H2,1-4H3,(H,38,45). The molecule has 1 saturated heterocycles. The first-order valence-corrected chi connectivity index (χ1v) is 17.1. The van der Waals surface area contributed by atoms with E-state index in [-0.39, 0.29) is 36.3 Å². The number of carbonyl (C=O) groups is 3. The SMILES string of the molecule is CC(=O)N(Cc1ccccc1)C(C(=O)NC1CCCCC1)c1c(C(=O)N2CCC(N(C)CCCN(C)C)C2)[nH]c2cc(Cl)ccc12. The first kappa shape index (κ1) is 33.9. The molecule has 0 spiro atoms. The van der Waals surface area contributed by atoms with Crippen molar-refractivity contribution in [1.82, 2.24) is 29.9 Å². The zero-order valence-electron chi connectivity index (χ0n) is 27.7. The Morgan fingerprint density at radius 3 is 2.43 bits per heavy atom. The first-order valence-electron chi connectivity index (χ1n) is 16.7. The number of carbonyl (C=O) groups excluding carboxylic acids is 3. The summed E-state index contributed by atoms with van der Waals surface area (Å²) < 4.78 is 0. The molecule has 0 bridgehead atoms. The summed E-state index contributed by atoms with van der Waals surface area (Å²) in [4.78, 5) is 53.8. The number of nitrogens with zero attached hydrogens (tertiary/aromatic N) is 4. The fourth-order valence-corrected chi connectivity index (χ4v) is 7.20. The van der Waals surface area contributed by atoms with Crippen molar-refractivity contribution in [2.24, 2.45) is 0 Å². The molecule has 2 unspecified atom stereocenters. The van der Waals surface area contributed by atoms with Crippen molar-refractivity contribution in [3.63, 3.8) is 0 Å². The lowest BCUT2D eigenvalue weighted by Gasteiger charge is -2.33. The second-order valence-corrected chi connectivity index (χ2v) is 13.7. The Kier molecular flexibility index (Phi) is 11.4. The van der Waals surface area contributed by atoms with Crippen molar-refractivity contribution < 1.29 is 14.4 Å². The van der Waals surface area contributed by atoms with Gasteiger partial charge in [0.25, 0.3) is 5.91 Å². The molecule has 2 aromatic carbocycles. The van der Waals surface area contributed by atoms with Gasteiger partial charge in [-0.25, -0.2) is 0 Å². The van der Waals surface area contributed by atoms with Crippen LogP contribution in [0.5, 0.6) is 0 Å². The van der Waals surface area contributed by atoms with Crippen molar-refractivity contribution in [2.45, 2.75) is 76.5 Å². The number of likely N-dealkylation sites (N-methyl/N-ethyl adjacent to an activating group) is 1. The minimum atomic E-state index is -1.01. The van der Waals surface area contributed by atoms with E-state index in [4.69, 9.17) is 11.6 Å². The first-order chi connectivity index (χ1) is 22.1. The van der Waals surface area contributed by atoms with Gasteiger partial charge in [-0.15, -0.1) is 0 Å². The van der Waals surface area contributed by atoms with E-state index in [1.54, 1.807) is 17.0 Å². The summed E-state index contributed by atoms with van der Waals surface area (Å²) in [5.41, 5.74) is 2.44. The molecule has 10 heteroatoms. The van der Waals surface area contributed by atoms with Crippen molar-refractivity contribution in [3.8, 4) is 0 Å². The van der Waals surface area contributed by atoms with Gasteiger partial charge in [0, 0.05) is 60.1 Å². The highest BCUT2D eigenvalue weighted by molar-refractivity contribution is 6.31. The molecule has 2 fully saturated rings. The van der Waals surface area contributed by atoms with E-state index in [2.05, 4.69) is 41.2 Å². The molecule has 2 heterocycles. The molecule has 46 heavy (non-hydrogen) atoms. The molecule has 1 saturated carbocycles. The van der Waals surface area contributed by atoms with Crippen LogP contribution in [0, 0.1) is 0 Å². The Bertz CT molecular complexity index is 1500. The van der Waals surface area contributed by atoms with Crippen LogP contribution in [-0.4, -0.2) is 102 Å². The Hall–Kier alpha value is -3.40. The summed E-state index contributed by atoms with van der Waals surface area (Å²) in [6, 6.07) is 14.4. The zero-order chi connectivity index (χ0) is 32.8. The molecule has 1 aliphatic carbocycles. The van der Waals surface area contributed by atoms with E-state index in [9.17, 15) is 14.4 Å². The number of likely N-dealkylation sites (tertiary alicyclic amines) is 1. The molecule has 248 valence electrons. The molecule has 0 radical (unpaired) electrons. The van der Waals surface area contributed by atoms with Gasteiger partial charge in [-0.2, -0.15) is 0 Å². The van der Waals surface area contributed by atoms with Crippen molar-refractivity contribution in [1.29, 1.82) is 0 Å². The normalized spacial score (nSPS) is 18.0. The van der Waals surface area contributed by atoms with Gasteiger partial charge >= 0.3 is 0 Å². The van der Waals surface area contributed by atoms with Crippen molar-refractivity contribution in [2.75, 3.05) is 47.3 Å². The number of benzene rings is 2. The van der Waals surface area contributed by atoms with Gasteiger partial charge in [0.2, 0.25) is 11.8 Å². The predicted molar refractivity (Wildman–Crippen MR) is 184 cm³/mol. The summed E-state index contributed by atoms with van der Waals surface area (Å²) in [6.07, 6.45) is 7.03. The number of fused-ring (bicyclic) bond motifs is 1. The van der Waals surface area contributed by atoms with Crippen LogP contribution in [0.25, 0.3) is 10.9 Å². The number of amides is 3. The highest BCUT2D eigenvalue weighted by Crippen LogP contribution is 2.36. The molecule has 2 atom stereocenters. The Morgan fingerprint density at radius 2 is 1.74 bits per heavy atom. The maximum Gasteiger partial charge on any atom is 0.270 e. The Balaban J connectivity index is 1.53. The Morgan fingerprint density at radius 1 is 1.00 bits per heavy atom. The number of hydrogen-bond acceptors (Lipinski definition) is 5. The summed E-state index contributed by atoms with van der Waals surface area (Å²) in [6.45, 7) is 4.92. The number of aromatic amines is 1. The third kappa shape index (κ3) is 8.11.